The summed E-state index contributed by atoms with van der Waals surface area (Å²) in [7, 11) is 1.97. The number of hydrogen-bond donors (Lipinski definition) is 1. The van der Waals surface area contributed by atoms with E-state index in [2.05, 4.69) is 10.2 Å². The van der Waals surface area contributed by atoms with Crippen LogP contribution in [0.5, 0.6) is 0 Å². The zero-order valence-electron chi connectivity index (χ0n) is 11.9. The SMILES string of the molecule is CN1CCC(C)(CNc2c(F)c(F)c(F)c(F)c2F)CC1. The molecule has 2 rings (SSSR count). The first-order chi connectivity index (χ1) is 9.75. The van der Waals surface area contributed by atoms with E-state index in [-0.39, 0.29) is 12.0 Å². The number of piperidine rings is 1. The van der Waals surface area contributed by atoms with Crippen molar-refractivity contribution < 1.29 is 22.0 Å². The third kappa shape index (κ3) is 3.12. The van der Waals surface area contributed by atoms with Gasteiger partial charge in [0.2, 0.25) is 5.82 Å². The van der Waals surface area contributed by atoms with Crippen molar-refractivity contribution >= 4 is 5.69 Å². The fourth-order valence-electron chi connectivity index (χ4n) is 2.40. The third-order valence-electron chi connectivity index (χ3n) is 4.10. The lowest BCUT2D eigenvalue weighted by Gasteiger charge is -2.38. The third-order valence-corrected chi connectivity index (χ3v) is 4.10. The van der Waals surface area contributed by atoms with Crippen molar-refractivity contribution in [3.8, 4) is 0 Å². The molecule has 1 aromatic rings. The topological polar surface area (TPSA) is 15.3 Å². The highest BCUT2D eigenvalue weighted by Crippen LogP contribution is 2.33. The Labute approximate surface area is 119 Å². The lowest BCUT2D eigenvalue weighted by molar-refractivity contribution is 0.150. The van der Waals surface area contributed by atoms with Gasteiger partial charge in [0.25, 0.3) is 0 Å². The molecule has 7 heteroatoms. The van der Waals surface area contributed by atoms with E-state index in [1.807, 2.05) is 14.0 Å². The van der Waals surface area contributed by atoms with Crippen LogP contribution in [0.25, 0.3) is 0 Å². The molecule has 1 fully saturated rings. The average Bonchev–Trinajstić information content (AvgIpc) is 2.46. The highest BCUT2D eigenvalue weighted by atomic mass is 19.2. The molecule has 1 heterocycles. The molecule has 118 valence electrons. The van der Waals surface area contributed by atoms with E-state index in [0.29, 0.717) is 0 Å². The molecular weight excluding hydrogens is 291 g/mol. The minimum atomic E-state index is -2.14. The van der Waals surface area contributed by atoms with Gasteiger partial charge in [0, 0.05) is 6.54 Å². The van der Waals surface area contributed by atoms with E-state index >= 15 is 0 Å². The predicted octanol–water partition coefficient (Wildman–Crippen LogP) is 3.53. The van der Waals surface area contributed by atoms with Gasteiger partial charge in [0.15, 0.2) is 23.3 Å². The minimum Gasteiger partial charge on any atom is -0.380 e. The summed E-state index contributed by atoms with van der Waals surface area (Å²) in [6.07, 6.45) is 1.57. The van der Waals surface area contributed by atoms with E-state index in [1.54, 1.807) is 0 Å². The van der Waals surface area contributed by atoms with Crippen molar-refractivity contribution in [2.45, 2.75) is 19.8 Å². The van der Waals surface area contributed by atoms with Gasteiger partial charge in [-0.05, 0) is 38.4 Å². The summed E-state index contributed by atoms with van der Waals surface area (Å²) in [5.74, 6) is -9.62. The lowest BCUT2D eigenvalue weighted by Crippen LogP contribution is -2.40. The first-order valence-electron chi connectivity index (χ1n) is 6.69. The number of likely N-dealkylation sites (tertiary alicyclic amines) is 1. The summed E-state index contributed by atoms with van der Waals surface area (Å²) < 4.78 is 66.3. The maximum atomic E-state index is 13.6. The van der Waals surface area contributed by atoms with Crippen LogP contribution in [0.15, 0.2) is 0 Å². The van der Waals surface area contributed by atoms with Crippen molar-refractivity contribution in [3.05, 3.63) is 29.1 Å². The molecule has 0 unspecified atom stereocenters. The Hall–Kier alpha value is -1.37. The van der Waals surface area contributed by atoms with E-state index < -0.39 is 34.8 Å². The van der Waals surface area contributed by atoms with Gasteiger partial charge in [0.05, 0.1) is 0 Å². The quantitative estimate of drug-likeness (QED) is 0.522. The molecule has 0 aliphatic carbocycles. The average molecular weight is 308 g/mol. The molecule has 0 radical (unpaired) electrons. The Kier molecular flexibility index (Phi) is 4.41. The van der Waals surface area contributed by atoms with E-state index in [1.165, 1.54) is 0 Å². The molecule has 0 bridgehead atoms. The molecule has 2 nitrogen and oxygen atoms in total. The Morgan fingerprint density at radius 3 is 1.81 bits per heavy atom. The number of nitrogens with one attached hydrogen (secondary N) is 1. The molecule has 21 heavy (non-hydrogen) atoms. The second-order valence-corrected chi connectivity index (χ2v) is 5.91. The van der Waals surface area contributed by atoms with Gasteiger partial charge >= 0.3 is 0 Å². The number of halogens is 5. The van der Waals surface area contributed by atoms with Crippen LogP contribution in [-0.4, -0.2) is 31.6 Å². The summed E-state index contributed by atoms with van der Waals surface area (Å²) >= 11 is 0. The van der Waals surface area contributed by atoms with Gasteiger partial charge in [0.1, 0.15) is 5.69 Å². The maximum absolute atomic E-state index is 13.6. The summed E-state index contributed by atoms with van der Waals surface area (Å²) in [5, 5.41) is 2.40. The molecule has 0 amide bonds. The molecule has 1 aromatic carbocycles. The molecular formula is C14H17F5N2. The van der Waals surface area contributed by atoms with Crippen molar-refractivity contribution in [2.75, 3.05) is 32.0 Å². The largest absolute Gasteiger partial charge is 0.380 e. The second-order valence-electron chi connectivity index (χ2n) is 5.91. The molecule has 1 aliphatic heterocycles. The standard InChI is InChI=1S/C14H17F5N2/c1-14(3-5-21(2)6-4-14)7-20-13-11(18)9(16)8(15)10(17)12(13)19/h20H,3-7H2,1-2H3. The van der Waals surface area contributed by atoms with Gasteiger partial charge in [-0.3, -0.25) is 0 Å². The Morgan fingerprint density at radius 1 is 0.905 bits per heavy atom. The molecule has 1 N–H and O–H groups in total. The van der Waals surface area contributed by atoms with Crippen molar-refractivity contribution in [2.24, 2.45) is 5.41 Å². The van der Waals surface area contributed by atoms with Crippen molar-refractivity contribution in [1.82, 2.24) is 4.90 Å². The van der Waals surface area contributed by atoms with Crippen molar-refractivity contribution in [3.63, 3.8) is 0 Å². The first-order valence-corrected chi connectivity index (χ1v) is 6.69. The number of hydrogen-bond acceptors (Lipinski definition) is 2. The summed E-state index contributed by atoms with van der Waals surface area (Å²) in [6, 6.07) is 0. The maximum Gasteiger partial charge on any atom is 0.200 e. The Balaban J connectivity index is 2.17. The van der Waals surface area contributed by atoms with Crippen LogP contribution in [0.3, 0.4) is 0 Å². The molecule has 0 spiro atoms. The second kappa shape index (κ2) is 5.79. The first kappa shape index (κ1) is 16.0. The number of anilines is 1. The zero-order valence-corrected chi connectivity index (χ0v) is 11.9. The van der Waals surface area contributed by atoms with Crippen molar-refractivity contribution in [1.29, 1.82) is 0 Å². The fourth-order valence-corrected chi connectivity index (χ4v) is 2.40. The van der Waals surface area contributed by atoms with E-state index in [0.717, 1.165) is 25.9 Å². The zero-order chi connectivity index (χ0) is 15.8. The Morgan fingerprint density at radius 2 is 1.33 bits per heavy atom. The van der Waals surface area contributed by atoms with Gasteiger partial charge in [-0.2, -0.15) is 0 Å². The van der Waals surface area contributed by atoms with Gasteiger partial charge in [-0.15, -0.1) is 0 Å². The predicted molar refractivity (Wildman–Crippen MR) is 69.6 cm³/mol. The van der Waals surface area contributed by atoms with Gasteiger partial charge in [-0.1, -0.05) is 6.92 Å². The van der Waals surface area contributed by atoms with E-state index in [4.69, 9.17) is 0 Å². The smallest absolute Gasteiger partial charge is 0.200 e. The monoisotopic (exact) mass is 308 g/mol. The molecule has 0 aromatic heterocycles. The van der Waals surface area contributed by atoms with Crippen LogP contribution in [0, 0.1) is 34.5 Å². The Bertz CT molecular complexity index is 510. The van der Waals surface area contributed by atoms with Gasteiger partial charge in [-0.25, -0.2) is 22.0 Å². The summed E-state index contributed by atoms with van der Waals surface area (Å²) in [5.41, 5.74) is -1.20. The van der Waals surface area contributed by atoms with Gasteiger partial charge < -0.3 is 10.2 Å². The molecule has 0 saturated carbocycles. The minimum absolute atomic E-state index is 0.152. The number of rotatable bonds is 3. The molecule has 0 atom stereocenters. The van der Waals surface area contributed by atoms with Crippen LogP contribution >= 0.6 is 0 Å². The van der Waals surface area contributed by atoms with Crippen LogP contribution in [-0.2, 0) is 0 Å². The van der Waals surface area contributed by atoms with Crippen LogP contribution in [0.2, 0.25) is 0 Å². The lowest BCUT2D eigenvalue weighted by atomic mass is 9.80. The summed E-state index contributed by atoms with van der Waals surface area (Å²) in [4.78, 5) is 2.13. The molecule has 1 saturated heterocycles. The highest BCUT2D eigenvalue weighted by molar-refractivity contribution is 5.47. The number of nitrogens with zero attached hydrogens (tertiary/aromatic N) is 1. The van der Waals surface area contributed by atoms with Crippen LogP contribution in [0.4, 0.5) is 27.6 Å². The van der Waals surface area contributed by atoms with E-state index in [9.17, 15) is 22.0 Å². The number of benzene rings is 1. The summed E-state index contributed by atoms with van der Waals surface area (Å²) in [6.45, 7) is 3.74. The normalized spacial score (nSPS) is 18.8. The molecule has 1 aliphatic rings. The van der Waals surface area contributed by atoms with Crippen LogP contribution in [0.1, 0.15) is 19.8 Å². The van der Waals surface area contributed by atoms with Crippen LogP contribution < -0.4 is 5.32 Å². The fraction of sp³-hybridized carbons (Fsp3) is 0.571. The highest BCUT2D eigenvalue weighted by Gasteiger charge is 2.31.